The Morgan fingerprint density at radius 2 is 1.80 bits per heavy atom. The van der Waals surface area contributed by atoms with Crippen molar-refractivity contribution >= 4 is 32.9 Å². The summed E-state index contributed by atoms with van der Waals surface area (Å²) in [5, 5.41) is 0. The molecule has 0 heterocycles. The molecule has 0 radical (unpaired) electrons. The molecular weight excluding hydrogens is 402 g/mol. The summed E-state index contributed by atoms with van der Waals surface area (Å²) in [6, 6.07) is 7.38. The zero-order chi connectivity index (χ0) is 19.4. The second kappa shape index (κ2) is 8.60. The fourth-order valence-corrected chi connectivity index (χ4v) is 3.40. The minimum atomic E-state index is -1.47. The van der Waals surface area contributed by atoms with E-state index in [9.17, 15) is 9.00 Å². The number of ether oxygens (including phenoxy) is 1. The summed E-state index contributed by atoms with van der Waals surface area (Å²) in [6.07, 6.45) is 0.0134. The quantitative estimate of drug-likeness (QED) is 0.508. The van der Waals surface area contributed by atoms with Gasteiger partial charge < -0.3 is 4.74 Å². The topological polar surface area (TPSA) is 55.4 Å². The van der Waals surface area contributed by atoms with Crippen LogP contribution in [0.3, 0.4) is 0 Å². The molecule has 0 saturated heterocycles. The highest BCUT2D eigenvalue weighted by atomic mass is 79.9. The molecule has 1 N–H and O–H groups in total. The van der Waals surface area contributed by atoms with Gasteiger partial charge in [-0.15, -0.1) is 6.58 Å². The number of carbonyl (C=O) groups excluding carboxylic acids is 1. The molecule has 0 aliphatic heterocycles. The first-order valence-corrected chi connectivity index (χ1v) is 10.1. The van der Waals surface area contributed by atoms with Crippen molar-refractivity contribution in [3.63, 3.8) is 0 Å². The second-order valence-corrected chi connectivity index (χ2v) is 10.4. The average molecular weight is 430 g/mol. The minimum absolute atomic E-state index is 0.280. The number of hydrogen-bond donors (Lipinski definition) is 1. The van der Waals surface area contributed by atoms with Crippen LogP contribution >= 0.6 is 15.9 Å². The van der Waals surface area contributed by atoms with Crippen LogP contribution in [0.15, 0.2) is 40.9 Å². The molecule has 0 fully saturated rings. The third-order valence-corrected chi connectivity index (χ3v) is 5.59. The van der Waals surface area contributed by atoms with Crippen LogP contribution in [-0.2, 0) is 26.1 Å². The average Bonchev–Trinajstić information content (AvgIpc) is 2.44. The number of benzene rings is 1. The van der Waals surface area contributed by atoms with Gasteiger partial charge in [0.2, 0.25) is 0 Å². The van der Waals surface area contributed by atoms with E-state index in [1.165, 1.54) is 0 Å². The normalized spacial score (nSPS) is 15.5. The summed E-state index contributed by atoms with van der Waals surface area (Å²) in [5.74, 6) is -0.453. The highest BCUT2D eigenvalue weighted by molar-refractivity contribution is 9.10. The fraction of sp³-hybridized carbons (Fsp3) is 0.526. The molecule has 2 atom stereocenters. The Morgan fingerprint density at radius 3 is 2.20 bits per heavy atom. The predicted molar refractivity (Wildman–Crippen MR) is 108 cm³/mol. The van der Waals surface area contributed by atoms with Crippen molar-refractivity contribution in [2.45, 2.75) is 64.4 Å². The molecule has 1 unspecified atom stereocenters. The molecule has 1 aromatic rings. The smallest absolute Gasteiger partial charge is 0.332 e. The Labute approximate surface area is 162 Å². The molecular formula is C19H28BrNO3S. The van der Waals surface area contributed by atoms with Crippen LogP contribution in [-0.4, -0.2) is 21.0 Å². The summed E-state index contributed by atoms with van der Waals surface area (Å²) in [5.41, 5.74) is 0.235. The van der Waals surface area contributed by atoms with Gasteiger partial charge in [-0.3, -0.25) is 0 Å². The van der Waals surface area contributed by atoms with E-state index in [1.54, 1.807) is 13.8 Å². The van der Waals surface area contributed by atoms with Gasteiger partial charge in [-0.25, -0.2) is 13.7 Å². The second-order valence-electron chi connectivity index (χ2n) is 7.48. The van der Waals surface area contributed by atoms with Crippen LogP contribution in [0, 0.1) is 0 Å². The Morgan fingerprint density at radius 1 is 1.28 bits per heavy atom. The van der Waals surface area contributed by atoms with E-state index in [-0.39, 0.29) is 6.10 Å². The summed E-state index contributed by atoms with van der Waals surface area (Å²) >= 11 is 3.41. The SMILES string of the molecule is C=C(C)CC(N[S@@](=O)C(C)(C)C)(C(=O)OC(C)C)c1ccc(Br)cc1. The maximum Gasteiger partial charge on any atom is 0.332 e. The Balaban J connectivity index is 3.51. The van der Waals surface area contributed by atoms with Crippen molar-refractivity contribution in [1.82, 2.24) is 4.72 Å². The predicted octanol–water partition coefficient (Wildman–Crippen LogP) is 4.61. The van der Waals surface area contributed by atoms with Crippen LogP contribution < -0.4 is 4.72 Å². The van der Waals surface area contributed by atoms with Gasteiger partial charge in [0.15, 0.2) is 5.54 Å². The lowest BCUT2D eigenvalue weighted by molar-refractivity contribution is -0.155. The number of halogens is 1. The number of rotatable bonds is 7. The molecule has 0 bridgehead atoms. The van der Waals surface area contributed by atoms with Gasteiger partial charge >= 0.3 is 5.97 Å². The zero-order valence-electron chi connectivity index (χ0n) is 15.8. The summed E-state index contributed by atoms with van der Waals surface area (Å²) in [4.78, 5) is 13.1. The summed E-state index contributed by atoms with van der Waals surface area (Å²) < 4.78 is 21.8. The van der Waals surface area contributed by atoms with Gasteiger partial charge in [-0.2, -0.15) is 0 Å². The van der Waals surface area contributed by atoms with Crippen molar-refractivity contribution in [2.24, 2.45) is 0 Å². The standard InChI is InChI=1S/C19H28BrNO3S/c1-13(2)12-19(17(22)24-14(3)4,21-25(23)18(5,6)7)15-8-10-16(20)11-9-15/h8-11,14,21H,1,12H2,2-7H3/t19?,25-/m0/s1. The third kappa shape index (κ3) is 6.04. The van der Waals surface area contributed by atoms with Crippen LogP contribution in [0.4, 0.5) is 0 Å². The number of nitrogens with one attached hydrogen (secondary N) is 1. The molecule has 0 amide bonds. The molecule has 6 heteroatoms. The number of hydrogen-bond acceptors (Lipinski definition) is 3. The highest BCUT2D eigenvalue weighted by Crippen LogP contribution is 2.33. The molecule has 0 spiro atoms. The van der Waals surface area contributed by atoms with E-state index >= 15 is 0 Å². The highest BCUT2D eigenvalue weighted by Gasteiger charge is 2.45. The van der Waals surface area contributed by atoms with Crippen LogP contribution in [0.1, 0.15) is 53.5 Å². The van der Waals surface area contributed by atoms with Crippen LogP contribution in [0.5, 0.6) is 0 Å². The minimum Gasteiger partial charge on any atom is -0.461 e. The first-order valence-electron chi connectivity index (χ1n) is 8.19. The molecule has 4 nitrogen and oxygen atoms in total. The van der Waals surface area contributed by atoms with Crippen molar-refractivity contribution < 1.29 is 13.7 Å². The maximum absolute atomic E-state index is 13.1. The summed E-state index contributed by atoms with van der Waals surface area (Å²) in [7, 11) is -1.47. The largest absolute Gasteiger partial charge is 0.461 e. The van der Waals surface area contributed by atoms with E-state index in [2.05, 4.69) is 27.2 Å². The van der Waals surface area contributed by atoms with E-state index < -0.39 is 27.2 Å². The molecule has 25 heavy (non-hydrogen) atoms. The lowest BCUT2D eigenvalue weighted by Gasteiger charge is -2.35. The molecule has 0 aliphatic carbocycles. The Hall–Kier alpha value is -0.980. The molecule has 0 aromatic heterocycles. The van der Waals surface area contributed by atoms with Crippen molar-refractivity contribution in [2.75, 3.05) is 0 Å². The first kappa shape index (κ1) is 22.1. The van der Waals surface area contributed by atoms with Gasteiger partial charge in [0.1, 0.15) is 0 Å². The van der Waals surface area contributed by atoms with Gasteiger partial charge in [-0.1, -0.05) is 33.6 Å². The van der Waals surface area contributed by atoms with Crippen molar-refractivity contribution in [1.29, 1.82) is 0 Å². The molecule has 140 valence electrons. The van der Waals surface area contributed by atoms with Crippen molar-refractivity contribution in [3.8, 4) is 0 Å². The van der Waals surface area contributed by atoms with E-state index in [4.69, 9.17) is 4.74 Å². The number of carbonyl (C=O) groups is 1. The van der Waals surface area contributed by atoms with Crippen LogP contribution in [0.2, 0.25) is 0 Å². The van der Waals surface area contributed by atoms with E-state index in [1.807, 2.05) is 52.0 Å². The van der Waals surface area contributed by atoms with E-state index in [0.717, 1.165) is 10.0 Å². The molecule has 1 rings (SSSR count). The third-order valence-electron chi connectivity index (χ3n) is 3.42. The molecule has 0 aliphatic rings. The monoisotopic (exact) mass is 429 g/mol. The maximum atomic E-state index is 13.1. The van der Waals surface area contributed by atoms with Gasteiger partial charge in [0.25, 0.3) is 0 Å². The molecule has 0 saturated carbocycles. The zero-order valence-corrected chi connectivity index (χ0v) is 18.2. The Kier molecular flexibility index (Phi) is 7.59. The molecule has 1 aromatic carbocycles. The fourth-order valence-electron chi connectivity index (χ4n) is 2.24. The lowest BCUT2D eigenvalue weighted by atomic mass is 9.85. The van der Waals surface area contributed by atoms with Gasteiger partial charge in [0.05, 0.1) is 21.8 Å². The van der Waals surface area contributed by atoms with Crippen LogP contribution in [0.25, 0.3) is 0 Å². The van der Waals surface area contributed by atoms with Gasteiger partial charge in [0, 0.05) is 10.9 Å². The summed E-state index contributed by atoms with van der Waals surface area (Å²) in [6.45, 7) is 15.0. The number of esters is 1. The Bertz CT molecular complexity index is 650. The van der Waals surface area contributed by atoms with Crippen molar-refractivity contribution in [3.05, 3.63) is 46.5 Å². The van der Waals surface area contributed by atoms with Gasteiger partial charge in [-0.05, 0) is 59.2 Å². The lowest BCUT2D eigenvalue weighted by Crippen LogP contribution is -2.54. The van der Waals surface area contributed by atoms with E-state index in [0.29, 0.717) is 12.0 Å². The first-order chi connectivity index (χ1) is 11.4.